The van der Waals surface area contributed by atoms with Gasteiger partial charge >= 0.3 is 0 Å². The number of aryl methyl sites for hydroxylation is 1. The number of ether oxygens (including phenoxy) is 1. The number of morpholine rings is 1. The number of amidine groups is 2. The Labute approximate surface area is 226 Å². The van der Waals surface area contributed by atoms with Crippen LogP contribution in [-0.2, 0) is 14.3 Å². The summed E-state index contributed by atoms with van der Waals surface area (Å²) in [5.74, 6) is -0.0518. The summed E-state index contributed by atoms with van der Waals surface area (Å²) >= 11 is 1.17. The number of nitrogens with one attached hydrogen (secondary N) is 1. The second-order valence-electron chi connectivity index (χ2n) is 9.75. The van der Waals surface area contributed by atoms with Gasteiger partial charge in [0.25, 0.3) is 5.91 Å². The topological polar surface area (TPSA) is 103 Å². The number of aliphatic imine (C=N–C) groups is 1. The second kappa shape index (κ2) is 10.7. The van der Waals surface area contributed by atoms with E-state index in [1.54, 1.807) is 11.0 Å². The van der Waals surface area contributed by atoms with Gasteiger partial charge in [0.05, 0.1) is 25.2 Å². The van der Waals surface area contributed by atoms with E-state index in [1.807, 2.05) is 19.9 Å². The van der Waals surface area contributed by atoms with Crippen LogP contribution in [0.5, 0.6) is 0 Å². The molecule has 9 nitrogen and oxygen atoms in total. The molecule has 1 N–H and O–H groups in total. The number of carbonyl (C=O) groups excluding carboxylic acids is 2. The highest BCUT2D eigenvalue weighted by Gasteiger charge is 2.36. The Hall–Kier alpha value is -3.50. The summed E-state index contributed by atoms with van der Waals surface area (Å²) in [6, 6.07) is 10.6. The lowest BCUT2D eigenvalue weighted by Crippen LogP contribution is -2.41. The zero-order valence-corrected chi connectivity index (χ0v) is 23.0. The Kier molecular flexibility index (Phi) is 7.36. The van der Waals surface area contributed by atoms with Crippen molar-refractivity contribution >= 4 is 45.7 Å². The molecule has 4 heterocycles. The van der Waals surface area contributed by atoms with Crippen molar-refractivity contribution in [2.24, 2.45) is 10.1 Å². The van der Waals surface area contributed by atoms with Crippen LogP contribution in [0.4, 0.5) is 0 Å². The first kappa shape index (κ1) is 26.1. The first-order chi connectivity index (χ1) is 18.3. The van der Waals surface area contributed by atoms with Crippen molar-refractivity contribution in [3.63, 3.8) is 0 Å². The Morgan fingerprint density at radius 2 is 1.92 bits per heavy atom. The number of fused-ring (bicyclic) bond motifs is 1. The van der Waals surface area contributed by atoms with Crippen molar-refractivity contribution in [2.45, 2.75) is 46.5 Å². The van der Waals surface area contributed by atoms with Gasteiger partial charge in [0.2, 0.25) is 11.1 Å². The average Bonchev–Trinajstić information content (AvgIpc) is 3.45. The van der Waals surface area contributed by atoms with E-state index in [9.17, 15) is 9.59 Å². The molecule has 1 atom stereocenters. The van der Waals surface area contributed by atoms with Crippen LogP contribution < -0.4 is 0 Å². The van der Waals surface area contributed by atoms with E-state index < -0.39 is 5.91 Å². The van der Waals surface area contributed by atoms with Crippen LogP contribution in [0.25, 0.3) is 11.8 Å². The van der Waals surface area contributed by atoms with Crippen molar-refractivity contribution in [3.8, 4) is 5.69 Å². The summed E-state index contributed by atoms with van der Waals surface area (Å²) in [4.78, 5) is 31.5. The molecule has 0 saturated carbocycles. The molecule has 0 unspecified atom stereocenters. The lowest BCUT2D eigenvalue weighted by atomic mass is 9.98. The predicted molar refractivity (Wildman–Crippen MR) is 151 cm³/mol. The molecule has 0 aliphatic carbocycles. The van der Waals surface area contributed by atoms with E-state index in [0.717, 1.165) is 29.1 Å². The van der Waals surface area contributed by atoms with Gasteiger partial charge in [-0.2, -0.15) is 15.1 Å². The third-order valence-electron chi connectivity index (χ3n) is 7.27. The molecule has 198 valence electrons. The molecule has 5 rings (SSSR count). The summed E-state index contributed by atoms with van der Waals surface area (Å²) < 4.78 is 7.46. The van der Waals surface area contributed by atoms with Crippen molar-refractivity contribution in [1.29, 1.82) is 5.41 Å². The minimum absolute atomic E-state index is 0.0379. The fourth-order valence-corrected chi connectivity index (χ4v) is 5.71. The van der Waals surface area contributed by atoms with Crippen molar-refractivity contribution in [1.82, 2.24) is 14.5 Å². The molecule has 1 aromatic heterocycles. The van der Waals surface area contributed by atoms with Crippen LogP contribution in [0, 0.1) is 19.3 Å². The minimum Gasteiger partial charge on any atom is -0.378 e. The number of amides is 2. The monoisotopic (exact) mass is 532 g/mol. The highest BCUT2D eigenvalue weighted by atomic mass is 32.2. The van der Waals surface area contributed by atoms with E-state index >= 15 is 0 Å². The number of carbonyl (C=O) groups is 2. The van der Waals surface area contributed by atoms with Crippen LogP contribution in [0.1, 0.15) is 55.1 Å². The highest BCUT2D eigenvalue weighted by molar-refractivity contribution is 8.27. The molecule has 1 saturated heterocycles. The van der Waals surface area contributed by atoms with Crippen LogP contribution >= 0.6 is 11.8 Å². The molecule has 0 bridgehead atoms. The number of aromatic nitrogens is 1. The largest absolute Gasteiger partial charge is 0.378 e. The van der Waals surface area contributed by atoms with Gasteiger partial charge in [0, 0.05) is 30.2 Å². The molecule has 2 aromatic rings. The molecule has 0 spiro atoms. The van der Waals surface area contributed by atoms with Crippen molar-refractivity contribution in [2.75, 3.05) is 26.3 Å². The van der Waals surface area contributed by atoms with Gasteiger partial charge < -0.3 is 14.2 Å². The third kappa shape index (κ3) is 4.98. The zero-order chi connectivity index (χ0) is 27.0. The lowest BCUT2D eigenvalue weighted by molar-refractivity contribution is -0.133. The summed E-state index contributed by atoms with van der Waals surface area (Å²) in [7, 11) is 0. The Balaban J connectivity index is 1.37. The van der Waals surface area contributed by atoms with Gasteiger partial charge in [-0.25, -0.2) is 0 Å². The molecule has 0 radical (unpaired) electrons. The Bertz CT molecular complexity index is 1380. The van der Waals surface area contributed by atoms with Crippen LogP contribution in [0.2, 0.25) is 0 Å². The van der Waals surface area contributed by atoms with Gasteiger partial charge in [0.15, 0.2) is 5.84 Å². The molecule has 10 heteroatoms. The summed E-state index contributed by atoms with van der Waals surface area (Å²) in [6.07, 6.45) is 2.92. The fourth-order valence-electron chi connectivity index (χ4n) is 4.83. The number of rotatable bonds is 6. The van der Waals surface area contributed by atoms with E-state index in [0.29, 0.717) is 42.4 Å². The molecule has 38 heavy (non-hydrogen) atoms. The van der Waals surface area contributed by atoms with E-state index in [4.69, 9.17) is 10.1 Å². The van der Waals surface area contributed by atoms with E-state index in [-0.39, 0.29) is 23.7 Å². The Morgan fingerprint density at radius 3 is 2.61 bits per heavy atom. The normalized spacial score (nSPS) is 19.5. The maximum Gasteiger partial charge on any atom is 0.283 e. The average molecular weight is 533 g/mol. The third-order valence-corrected chi connectivity index (χ3v) is 8.17. The standard InChI is InChI=1S/C28H32N6O3S/c1-5-17(2)20-6-8-22(9-7-20)33-18(3)14-21(19(33)4)15-23-26(29)34-28(30-27(23)36)38-24(31-34)16-25(35)32-10-12-37-13-11-32/h6-9,14-15,17,29H,5,10-13,16H2,1-4H3/b23-15-,29-26?/t17-/m0/s1. The Morgan fingerprint density at radius 1 is 1.21 bits per heavy atom. The summed E-state index contributed by atoms with van der Waals surface area (Å²) in [5.41, 5.74) is 5.38. The predicted octanol–water partition coefficient (Wildman–Crippen LogP) is 4.48. The molecule has 1 fully saturated rings. The smallest absolute Gasteiger partial charge is 0.283 e. The molecule has 3 aliphatic heterocycles. The highest BCUT2D eigenvalue weighted by Crippen LogP contribution is 2.31. The number of hydrogen-bond acceptors (Lipinski definition) is 6. The number of nitrogens with zero attached hydrogens (tertiary/aromatic N) is 5. The second-order valence-corrected chi connectivity index (χ2v) is 10.8. The molecular weight excluding hydrogens is 500 g/mol. The molecular formula is C28H32N6O3S. The fraction of sp³-hybridized carbons (Fsp3) is 0.393. The van der Waals surface area contributed by atoms with Gasteiger partial charge in [-0.1, -0.05) is 26.0 Å². The maximum absolute atomic E-state index is 12.9. The van der Waals surface area contributed by atoms with Crippen LogP contribution in [-0.4, -0.2) is 68.6 Å². The first-order valence-corrected chi connectivity index (χ1v) is 13.7. The lowest BCUT2D eigenvalue weighted by Gasteiger charge is -2.26. The maximum atomic E-state index is 12.9. The quantitative estimate of drug-likeness (QED) is 0.553. The zero-order valence-electron chi connectivity index (χ0n) is 22.2. The van der Waals surface area contributed by atoms with E-state index in [2.05, 4.69) is 52.8 Å². The van der Waals surface area contributed by atoms with Crippen LogP contribution in [0.15, 0.2) is 46.0 Å². The number of benzene rings is 1. The van der Waals surface area contributed by atoms with Gasteiger partial charge in [0.1, 0.15) is 5.04 Å². The van der Waals surface area contributed by atoms with Gasteiger partial charge in [-0.15, -0.1) is 0 Å². The first-order valence-electron chi connectivity index (χ1n) is 12.9. The number of thioether (sulfide) groups is 1. The minimum atomic E-state index is -0.479. The molecule has 2 amide bonds. The summed E-state index contributed by atoms with van der Waals surface area (Å²) in [5, 5.41) is 15.4. The summed E-state index contributed by atoms with van der Waals surface area (Å²) in [6.45, 7) is 10.6. The van der Waals surface area contributed by atoms with Crippen molar-refractivity contribution in [3.05, 3.63) is 58.4 Å². The molecule has 1 aromatic carbocycles. The van der Waals surface area contributed by atoms with Crippen molar-refractivity contribution < 1.29 is 14.3 Å². The number of hydrazone groups is 1. The van der Waals surface area contributed by atoms with E-state index in [1.165, 1.54) is 22.3 Å². The van der Waals surface area contributed by atoms with Crippen LogP contribution in [0.3, 0.4) is 0 Å². The number of hydrogen-bond donors (Lipinski definition) is 1. The SMILES string of the molecule is CC[C@H](C)c1ccc(-n2c(C)cc(/C=C3/C(=N)N4N=C(CC(=O)N5CCOCC5)SC4=NC3=O)c2C)cc1. The van der Waals surface area contributed by atoms with Gasteiger partial charge in [-0.05, 0) is 73.4 Å². The molecule has 3 aliphatic rings. The van der Waals surface area contributed by atoms with Gasteiger partial charge in [-0.3, -0.25) is 15.0 Å².